The van der Waals surface area contributed by atoms with Gasteiger partial charge in [0, 0.05) is 13.1 Å². The van der Waals surface area contributed by atoms with Crippen molar-refractivity contribution in [2.75, 3.05) is 13.2 Å². The van der Waals surface area contributed by atoms with Gasteiger partial charge < -0.3 is 15.8 Å². The van der Waals surface area contributed by atoms with Gasteiger partial charge in [0.25, 0.3) is 0 Å². The Labute approximate surface area is 91.4 Å². The standard InChI is InChI=1S/C10H12F2N2O2/c11-8-2-1-7(5-9(8)12)6-14-3-4-16-10(13)15/h1-2,5,14H,3-4,6H2,(H2,13,15). The summed E-state index contributed by atoms with van der Waals surface area (Å²) in [5.41, 5.74) is 5.35. The van der Waals surface area contributed by atoms with Gasteiger partial charge in [0.2, 0.25) is 0 Å². The molecule has 1 amide bonds. The number of nitrogens with two attached hydrogens (primary N) is 1. The summed E-state index contributed by atoms with van der Waals surface area (Å²) < 4.78 is 29.8. The van der Waals surface area contributed by atoms with Gasteiger partial charge in [-0.25, -0.2) is 13.6 Å². The summed E-state index contributed by atoms with van der Waals surface area (Å²) in [5.74, 6) is -1.76. The quantitative estimate of drug-likeness (QED) is 0.746. The van der Waals surface area contributed by atoms with Crippen LogP contribution in [0, 0.1) is 11.6 Å². The number of hydrogen-bond donors (Lipinski definition) is 2. The van der Waals surface area contributed by atoms with Crippen molar-refractivity contribution in [1.82, 2.24) is 5.32 Å². The van der Waals surface area contributed by atoms with E-state index in [9.17, 15) is 13.6 Å². The number of halogens is 2. The van der Waals surface area contributed by atoms with Gasteiger partial charge in [-0.15, -0.1) is 0 Å². The fraction of sp³-hybridized carbons (Fsp3) is 0.300. The zero-order valence-corrected chi connectivity index (χ0v) is 8.50. The predicted molar refractivity (Wildman–Crippen MR) is 53.6 cm³/mol. The van der Waals surface area contributed by atoms with E-state index in [1.807, 2.05) is 0 Å². The molecule has 4 nitrogen and oxygen atoms in total. The molecule has 0 heterocycles. The van der Waals surface area contributed by atoms with Crippen molar-refractivity contribution in [2.24, 2.45) is 5.73 Å². The lowest BCUT2D eigenvalue weighted by atomic mass is 10.2. The van der Waals surface area contributed by atoms with Crippen molar-refractivity contribution in [1.29, 1.82) is 0 Å². The van der Waals surface area contributed by atoms with Crippen LogP contribution in [0.3, 0.4) is 0 Å². The fourth-order valence-electron chi connectivity index (χ4n) is 1.11. The van der Waals surface area contributed by atoms with E-state index in [1.54, 1.807) is 0 Å². The minimum Gasteiger partial charge on any atom is -0.448 e. The second-order valence-corrected chi connectivity index (χ2v) is 3.09. The molecule has 1 rings (SSSR count). The van der Waals surface area contributed by atoms with Crippen molar-refractivity contribution in [3.63, 3.8) is 0 Å². The van der Waals surface area contributed by atoms with E-state index >= 15 is 0 Å². The number of carbonyl (C=O) groups excluding carboxylic acids is 1. The third-order valence-electron chi connectivity index (χ3n) is 1.84. The number of amides is 1. The largest absolute Gasteiger partial charge is 0.448 e. The average Bonchev–Trinajstić information content (AvgIpc) is 2.22. The van der Waals surface area contributed by atoms with Crippen molar-refractivity contribution in [3.8, 4) is 0 Å². The highest BCUT2D eigenvalue weighted by Gasteiger charge is 2.01. The molecule has 0 bridgehead atoms. The molecule has 88 valence electrons. The Morgan fingerprint density at radius 3 is 2.75 bits per heavy atom. The van der Waals surface area contributed by atoms with Crippen molar-refractivity contribution in [3.05, 3.63) is 35.4 Å². The van der Waals surface area contributed by atoms with Crippen LogP contribution in [0.5, 0.6) is 0 Å². The first-order valence-electron chi connectivity index (χ1n) is 4.66. The first-order valence-corrected chi connectivity index (χ1v) is 4.66. The zero-order chi connectivity index (χ0) is 12.0. The molecule has 0 saturated carbocycles. The third-order valence-corrected chi connectivity index (χ3v) is 1.84. The van der Waals surface area contributed by atoms with Crippen LogP contribution < -0.4 is 11.1 Å². The highest BCUT2D eigenvalue weighted by atomic mass is 19.2. The lowest BCUT2D eigenvalue weighted by Gasteiger charge is -2.05. The second-order valence-electron chi connectivity index (χ2n) is 3.09. The molecular weight excluding hydrogens is 218 g/mol. The Kier molecular flexibility index (Phi) is 4.65. The van der Waals surface area contributed by atoms with E-state index in [4.69, 9.17) is 5.73 Å². The van der Waals surface area contributed by atoms with E-state index in [2.05, 4.69) is 10.1 Å². The highest BCUT2D eigenvalue weighted by molar-refractivity contribution is 5.64. The van der Waals surface area contributed by atoms with Crippen LogP contribution >= 0.6 is 0 Å². The number of ether oxygens (including phenoxy) is 1. The number of primary amides is 1. The predicted octanol–water partition coefficient (Wildman–Crippen LogP) is 1.15. The lowest BCUT2D eigenvalue weighted by Crippen LogP contribution is -2.23. The van der Waals surface area contributed by atoms with Crippen molar-refractivity contribution < 1.29 is 18.3 Å². The molecule has 0 aliphatic heterocycles. The Hall–Kier alpha value is -1.69. The van der Waals surface area contributed by atoms with Gasteiger partial charge in [-0.3, -0.25) is 0 Å². The molecule has 0 aromatic heterocycles. The first-order chi connectivity index (χ1) is 7.59. The molecule has 0 spiro atoms. The molecule has 0 aliphatic rings. The van der Waals surface area contributed by atoms with E-state index in [0.29, 0.717) is 18.7 Å². The second kappa shape index (κ2) is 6.02. The fourth-order valence-corrected chi connectivity index (χ4v) is 1.11. The summed E-state index contributed by atoms with van der Waals surface area (Å²) in [4.78, 5) is 10.2. The molecule has 0 aliphatic carbocycles. The molecule has 1 aromatic carbocycles. The van der Waals surface area contributed by atoms with Crippen LogP contribution in [0.25, 0.3) is 0 Å². The molecule has 16 heavy (non-hydrogen) atoms. The maximum Gasteiger partial charge on any atom is 0.404 e. The van der Waals surface area contributed by atoms with Crippen molar-refractivity contribution in [2.45, 2.75) is 6.54 Å². The summed E-state index contributed by atoms with van der Waals surface area (Å²) in [7, 11) is 0. The van der Waals surface area contributed by atoms with Gasteiger partial charge in [0.15, 0.2) is 11.6 Å². The SMILES string of the molecule is NC(=O)OCCNCc1ccc(F)c(F)c1. The molecular formula is C10H12F2N2O2. The van der Waals surface area contributed by atoms with Crippen molar-refractivity contribution >= 4 is 6.09 Å². The van der Waals surface area contributed by atoms with Gasteiger partial charge in [-0.1, -0.05) is 6.07 Å². The Bertz CT molecular complexity index is 372. The zero-order valence-electron chi connectivity index (χ0n) is 8.50. The van der Waals surface area contributed by atoms with E-state index in [1.165, 1.54) is 6.07 Å². The van der Waals surface area contributed by atoms with E-state index < -0.39 is 17.7 Å². The summed E-state index contributed by atoms with van der Waals surface area (Å²) in [6, 6.07) is 3.64. The van der Waals surface area contributed by atoms with Gasteiger partial charge in [-0.05, 0) is 17.7 Å². The Morgan fingerprint density at radius 2 is 2.12 bits per heavy atom. The number of benzene rings is 1. The average molecular weight is 230 g/mol. The van der Waals surface area contributed by atoms with Crippen LogP contribution in [0.1, 0.15) is 5.56 Å². The minimum atomic E-state index is -0.882. The molecule has 1 aromatic rings. The summed E-state index contributed by atoms with van der Waals surface area (Å²) >= 11 is 0. The normalized spacial score (nSPS) is 10.1. The van der Waals surface area contributed by atoms with Gasteiger partial charge in [0.05, 0.1) is 0 Å². The van der Waals surface area contributed by atoms with Crippen LogP contribution in [-0.4, -0.2) is 19.2 Å². The summed E-state index contributed by atoms with van der Waals surface area (Å²) in [6.45, 7) is 0.889. The Morgan fingerprint density at radius 1 is 1.38 bits per heavy atom. The third kappa shape index (κ3) is 4.22. The molecule has 0 atom stereocenters. The van der Waals surface area contributed by atoms with Gasteiger partial charge in [-0.2, -0.15) is 0 Å². The van der Waals surface area contributed by atoms with Crippen LogP contribution in [0.2, 0.25) is 0 Å². The molecule has 0 unspecified atom stereocenters. The van der Waals surface area contributed by atoms with E-state index in [0.717, 1.165) is 12.1 Å². The highest BCUT2D eigenvalue weighted by Crippen LogP contribution is 2.07. The summed E-state index contributed by atoms with van der Waals surface area (Å²) in [6.07, 6.45) is -0.838. The maximum absolute atomic E-state index is 12.8. The van der Waals surface area contributed by atoms with Crippen LogP contribution in [0.4, 0.5) is 13.6 Å². The molecule has 0 radical (unpaired) electrons. The maximum atomic E-state index is 12.8. The van der Waals surface area contributed by atoms with E-state index in [-0.39, 0.29) is 6.61 Å². The smallest absolute Gasteiger partial charge is 0.404 e. The Balaban J connectivity index is 2.27. The monoisotopic (exact) mass is 230 g/mol. The number of nitrogens with one attached hydrogen (secondary N) is 1. The van der Waals surface area contributed by atoms with Crippen LogP contribution in [-0.2, 0) is 11.3 Å². The number of hydrogen-bond acceptors (Lipinski definition) is 3. The van der Waals surface area contributed by atoms with Crippen LogP contribution in [0.15, 0.2) is 18.2 Å². The molecule has 6 heteroatoms. The molecule has 3 N–H and O–H groups in total. The minimum absolute atomic E-state index is 0.138. The lowest BCUT2D eigenvalue weighted by molar-refractivity contribution is 0.157. The molecule has 0 fully saturated rings. The number of rotatable bonds is 5. The first kappa shape index (κ1) is 12.4. The molecule has 0 saturated heterocycles. The van der Waals surface area contributed by atoms with Gasteiger partial charge in [0.1, 0.15) is 6.61 Å². The topological polar surface area (TPSA) is 64.4 Å². The van der Waals surface area contributed by atoms with Gasteiger partial charge >= 0.3 is 6.09 Å². The number of carbonyl (C=O) groups is 1. The summed E-state index contributed by atoms with van der Waals surface area (Å²) in [5, 5.41) is 2.88.